The van der Waals surface area contributed by atoms with Crippen LogP contribution < -0.4 is 0 Å². The molecule has 0 aliphatic heterocycles. The molecule has 1 saturated carbocycles. The summed E-state index contributed by atoms with van der Waals surface area (Å²) >= 11 is 3.60. The van der Waals surface area contributed by atoms with E-state index >= 15 is 0 Å². The van der Waals surface area contributed by atoms with Crippen LogP contribution in [0.1, 0.15) is 31.2 Å². The minimum atomic E-state index is 0.756. The van der Waals surface area contributed by atoms with Gasteiger partial charge in [-0.15, -0.1) is 0 Å². The van der Waals surface area contributed by atoms with Crippen LogP contribution in [0.3, 0.4) is 0 Å². The maximum absolute atomic E-state index is 4.58. The van der Waals surface area contributed by atoms with Gasteiger partial charge in [0.05, 0.1) is 5.52 Å². The third-order valence-corrected chi connectivity index (χ3v) is 4.66. The van der Waals surface area contributed by atoms with Crippen LogP contribution in [-0.2, 0) is 6.54 Å². The number of aromatic nitrogens is 1. The van der Waals surface area contributed by atoms with Gasteiger partial charge in [0.1, 0.15) is 0 Å². The molecule has 2 nitrogen and oxygen atoms in total. The average molecular weight is 333 g/mol. The Hall–Kier alpha value is -0.930. The molecular weight excluding hydrogens is 312 g/mol. The molecule has 1 aliphatic rings. The van der Waals surface area contributed by atoms with Gasteiger partial charge in [-0.2, -0.15) is 0 Å². The molecule has 0 saturated heterocycles. The zero-order valence-electron chi connectivity index (χ0n) is 11.8. The minimum Gasteiger partial charge on any atom is -0.295 e. The molecule has 106 valence electrons. The van der Waals surface area contributed by atoms with E-state index in [0.717, 1.165) is 30.0 Å². The van der Waals surface area contributed by atoms with E-state index in [1.807, 2.05) is 12.3 Å². The molecule has 0 spiro atoms. The highest BCUT2D eigenvalue weighted by Gasteiger charge is 2.22. The van der Waals surface area contributed by atoms with Crippen molar-refractivity contribution in [2.24, 2.45) is 0 Å². The van der Waals surface area contributed by atoms with E-state index in [1.54, 1.807) is 0 Å². The van der Waals surface area contributed by atoms with Crippen LogP contribution in [0.2, 0.25) is 0 Å². The van der Waals surface area contributed by atoms with Crippen molar-refractivity contribution in [1.82, 2.24) is 9.88 Å². The first-order valence-electron chi connectivity index (χ1n) is 7.51. The van der Waals surface area contributed by atoms with Crippen molar-refractivity contribution in [3.05, 3.63) is 42.1 Å². The Balaban J connectivity index is 1.86. The normalized spacial score (nSPS) is 16.3. The standard InChI is InChI=1S/C17H21BrN2/c18-10-12-20(16-8-1-2-9-16)13-15-6-3-5-14-7-4-11-19-17(14)15/h3-7,11,16H,1-2,8-10,12-13H2. The van der Waals surface area contributed by atoms with E-state index < -0.39 is 0 Å². The lowest BCUT2D eigenvalue weighted by Gasteiger charge is -2.28. The predicted molar refractivity (Wildman–Crippen MR) is 88.2 cm³/mol. The Kier molecular flexibility index (Phi) is 4.69. The molecule has 1 aromatic heterocycles. The summed E-state index contributed by atoms with van der Waals surface area (Å²) in [5, 5.41) is 2.29. The van der Waals surface area contributed by atoms with Gasteiger partial charge < -0.3 is 0 Å². The maximum Gasteiger partial charge on any atom is 0.0746 e. The molecule has 1 aromatic carbocycles. The van der Waals surface area contributed by atoms with Gasteiger partial charge in [0.2, 0.25) is 0 Å². The third-order valence-electron chi connectivity index (χ3n) is 4.30. The van der Waals surface area contributed by atoms with Gasteiger partial charge in [-0.1, -0.05) is 53.0 Å². The van der Waals surface area contributed by atoms with E-state index in [2.05, 4.69) is 50.1 Å². The van der Waals surface area contributed by atoms with Crippen LogP contribution in [-0.4, -0.2) is 27.8 Å². The number of para-hydroxylation sites is 1. The fourth-order valence-electron chi connectivity index (χ4n) is 3.28. The van der Waals surface area contributed by atoms with Gasteiger partial charge in [-0.25, -0.2) is 0 Å². The Bertz CT molecular complexity index is 558. The first-order chi connectivity index (χ1) is 9.88. The lowest BCUT2D eigenvalue weighted by Crippen LogP contribution is -2.34. The second-order valence-corrected chi connectivity index (χ2v) is 6.38. The number of hydrogen-bond acceptors (Lipinski definition) is 2. The highest BCUT2D eigenvalue weighted by atomic mass is 79.9. The quantitative estimate of drug-likeness (QED) is 0.755. The summed E-state index contributed by atoms with van der Waals surface area (Å²) in [6.07, 6.45) is 7.38. The summed E-state index contributed by atoms with van der Waals surface area (Å²) in [6.45, 7) is 2.14. The molecule has 1 heterocycles. The van der Waals surface area contributed by atoms with Gasteiger partial charge >= 0.3 is 0 Å². The number of benzene rings is 1. The van der Waals surface area contributed by atoms with Crippen LogP contribution in [0.4, 0.5) is 0 Å². The Morgan fingerprint density at radius 3 is 2.75 bits per heavy atom. The Labute approximate surface area is 129 Å². The number of fused-ring (bicyclic) bond motifs is 1. The van der Waals surface area contributed by atoms with Crippen molar-refractivity contribution in [2.45, 2.75) is 38.3 Å². The Morgan fingerprint density at radius 2 is 1.95 bits per heavy atom. The molecule has 0 unspecified atom stereocenters. The smallest absolute Gasteiger partial charge is 0.0746 e. The van der Waals surface area contributed by atoms with Crippen LogP contribution in [0.15, 0.2) is 36.5 Å². The number of halogens is 1. The molecule has 0 bridgehead atoms. The van der Waals surface area contributed by atoms with Crippen molar-refractivity contribution in [3.63, 3.8) is 0 Å². The SMILES string of the molecule is BrCCN(Cc1cccc2cccnc12)C1CCCC1. The highest BCUT2D eigenvalue weighted by Crippen LogP contribution is 2.26. The zero-order valence-corrected chi connectivity index (χ0v) is 13.3. The average Bonchev–Trinajstić information content (AvgIpc) is 3.01. The van der Waals surface area contributed by atoms with Gasteiger partial charge in [0.15, 0.2) is 0 Å². The van der Waals surface area contributed by atoms with Gasteiger partial charge in [-0.3, -0.25) is 9.88 Å². The molecule has 2 aromatic rings. The minimum absolute atomic E-state index is 0.756. The summed E-state index contributed by atoms with van der Waals surface area (Å²) < 4.78 is 0. The molecule has 0 atom stereocenters. The number of nitrogens with zero attached hydrogens (tertiary/aromatic N) is 2. The second-order valence-electron chi connectivity index (χ2n) is 5.59. The molecule has 0 N–H and O–H groups in total. The van der Waals surface area contributed by atoms with Crippen LogP contribution >= 0.6 is 15.9 Å². The summed E-state index contributed by atoms with van der Waals surface area (Å²) in [5.41, 5.74) is 2.52. The number of alkyl halides is 1. The molecule has 0 radical (unpaired) electrons. The fourth-order valence-corrected chi connectivity index (χ4v) is 3.74. The first-order valence-corrected chi connectivity index (χ1v) is 8.63. The van der Waals surface area contributed by atoms with E-state index in [-0.39, 0.29) is 0 Å². The van der Waals surface area contributed by atoms with Crippen LogP contribution in [0, 0.1) is 0 Å². The summed E-state index contributed by atoms with van der Waals surface area (Å²) in [5.74, 6) is 0. The van der Waals surface area contributed by atoms with Crippen molar-refractivity contribution in [3.8, 4) is 0 Å². The van der Waals surface area contributed by atoms with E-state index in [1.165, 1.54) is 36.6 Å². The molecule has 1 aliphatic carbocycles. The second kappa shape index (κ2) is 6.68. The van der Waals surface area contributed by atoms with E-state index in [9.17, 15) is 0 Å². The molecular formula is C17H21BrN2. The fraction of sp³-hybridized carbons (Fsp3) is 0.471. The summed E-state index contributed by atoms with van der Waals surface area (Å²) in [6, 6.07) is 11.4. The monoisotopic (exact) mass is 332 g/mol. The first kappa shape index (κ1) is 14.0. The van der Waals surface area contributed by atoms with Gasteiger partial charge in [0, 0.05) is 36.0 Å². The van der Waals surface area contributed by atoms with Crippen molar-refractivity contribution in [2.75, 3.05) is 11.9 Å². The Morgan fingerprint density at radius 1 is 1.15 bits per heavy atom. The van der Waals surface area contributed by atoms with Gasteiger partial charge in [0.25, 0.3) is 0 Å². The van der Waals surface area contributed by atoms with Gasteiger partial charge in [-0.05, 0) is 24.5 Å². The summed E-state index contributed by atoms with van der Waals surface area (Å²) in [4.78, 5) is 7.21. The predicted octanol–water partition coefficient (Wildman–Crippen LogP) is 4.37. The molecule has 3 rings (SSSR count). The van der Waals surface area contributed by atoms with Crippen LogP contribution in [0.25, 0.3) is 10.9 Å². The van der Waals surface area contributed by atoms with E-state index in [0.29, 0.717) is 0 Å². The van der Waals surface area contributed by atoms with Crippen molar-refractivity contribution < 1.29 is 0 Å². The molecule has 3 heteroatoms. The summed E-state index contributed by atoms with van der Waals surface area (Å²) in [7, 11) is 0. The number of hydrogen-bond donors (Lipinski definition) is 0. The molecule has 20 heavy (non-hydrogen) atoms. The third kappa shape index (κ3) is 3.04. The highest BCUT2D eigenvalue weighted by molar-refractivity contribution is 9.09. The van der Waals surface area contributed by atoms with E-state index in [4.69, 9.17) is 0 Å². The number of pyridine rings is 1. The molecule has 0 amide bonds. The maximum atomic E-state index is 4.58. The lowest BCUT2D eigenvalue weighted by molar-refractivity contribution is 0.203. The molecule has 1 fully saturated rings. The largest absolute Gasteiger partial charge is 0.295 e. The number of rotatable bonds is 5. The zero-order chi connectivity index (χ0) is 13.8. The van der Waals surface area contributed by atoms with Crippen LogP contribution in [0.5, 0.6) is 0 Å². The van der Waals surface area contributed by atoms with Crippen molar-refractivity contribution >= 4 is 26.8 Å². The topological polar surface area (TPSA) is 16.1 Å². The van der Waals surface area contributed by atoms with Crippen molar-refractivity contribution in [1.29, 1.82) is 0 Å². The lowest BCUT2D eigenvalue weighted by atomic mass is 10.1.